The number of amides is 1. The van der Waals surface area contributed by atoms with Gasteiger partial charge < -0.3 is 9.64 Å². The zero-order valence-electron chi connectivity index (χ0n) is 17.1. The van der Waals surface area contributed by atoms with Gasteiger partial charge in [0.2, 0.25) is 10.0 Å². The van der Waals surface area contributed by atoms with E-state index in [0.29, 0.717) is 5.92 Å². The van der Waals surface area contributed by atoms with Crippen molar-refractivity contribution in [3.05, 3.63) is 54.1 Å². The predicted molar refractivity (Wildman–Crippen MR) is 111 cm³/mol. The highest BCUT2D eigenvalue weighted by Crippen LogP contribution is 2.21. The fourth-order valence-electron chi connectivity index (χ4n) is 2.87. The molecule has 1 heterocycles. The van der Waals surface area contributed by atoms with Crippen molar-refractivity contribution in [2.24, 2.45) is 0 Å². The van der Waals surface area contributed by atoms with Gasteiger partial charge in [0, 0.05) is 32.3 Å². The quantitative estimate of drug-likeness (QED) is 0.384. The van der Waals surface area contributed by atoms with E-state index in [1.165, 1.54) is 21.4 Å². The van der Waals surface area contributed by atoms with Crippen LogP contribution in [0.5, 0.6) is 0 Å². The van der Waals surface area contributed by atoms with Crippen molar-refractivity contribution in [3.63, 3.8) is 0 Å². The summed E-state index contributed by atoms with van der Waals surface area (Å²) in [6.07, 6.45) is 6.22. The minimum atomic E-state index is -3.60. The number of esters is 1. The van der Waals surface area contributed by atoms with Gasteiger partial charge in [-0.1, -0.05) is 44.2 Å². The van der Waals surface area contributed by atoms with Crippen LogP contribution in [0.1, 0.15) is 32.3 Å². The van der Waals surface area contributed by atoms with Crippen LogP contribution in [0.4, 0.5) is 0 Å². The van der Waals surface area contributed by atoms with E-state index in [1.54, 1.807) is 24.3 Å². The van der Waals surface area contributed by atoms with Gasteiger partial charge in [-0.15, -0.1) is 0 Å². The monoisotopic (exact) mass is 420 g/mol. The Morgan fingerprint density at radius 3 is 2.24 bits per heavy atom. The van der Waals surface area contributed by atoms with Gasteiger partial charge in [0.25, 0.3) is 5.91 Å². The Morgan fingerprint density at radius 2 is 1.69 bits per heavy atom. The number of ether oxygens (including phenoxy) is 1. The summed E-state index contributed by atoms with van der Waals surface area (Å²) >= 11 is 0. The molecule has 1 amide bonds. The highest BCUT2D eigenvalue weighted by atomic mass is 32.2. The van der Waals surface area contributed by atoms with Crippen LogP contribution >= 0.6 is 0 Å². The maximum Gasteiger partial charge on any atom is 0.331 e. The number of hydrogen-bond donors (Lipinski definition) is 0. The van der Waals surface area contributed by atoms with Gasteiger partial charge in [-0.25, -0.2) is 13.2 Å². The van der Waals surface area contributed by atoms with Gasteiger partial charge in [-0.05, 0) is 30.5 Å². The molecule has 1 aliphatic rings. The molecule has 0 saturated carbocycles. The van der Waals surface area contributed by atoms with E-state index in [4.69, 9.17) is 4.74 Å². The van der Waals surface area contributed by atoms with Crippen LogP contribution in [0.3, 0.4) is 0 Å². The van der Waals surface area contributed by atoms with E-state index in [-0.39, 0.29) is 43.6 Å². The first-order valence-electron chi connectivity index (χ1n) is 9.59. The van der Waals surface area contributed by atoms with Gasteiger partial charge >= 0.3 is 5.97 Å². The SMILES string of the molecule is C/C=C/C=C/C(=O)OCC(=O)N1CCN(S(=O)(=O)c2ccc(C(C)C)cc2)CC1. The predicted octanol–water partition coefficient (Wildman–Crippen LogP) is 2.32. The van der Waals surface area contributed by atoms with Gasteiger partial charge in [-0.3, -0.25) is 4.79 Å². The third-order valence-corrected chi connectivity index (χ3v) is 6.56. The van der Waals surface area contributed by atoms with Crippen molar-refractivity contribution < 1.29 is 22.7 Å². The third-order valence-electron chi connectivity index (χ3n) is 4.65. The lowest BCUT2D eigenvalue weighted by Crippen LogP contribution is -2.51. The van der Waals surface area contributed by atoms with Crippen LogP contribution in [0.15, 0.2) is 53.5 Å². The number of sulfonamides is 1. The second-order valence-corrected chi connectivity index (χ2v) is 8.94. The highest BCUT2D eigenvalue weighted by molar-refractivity contribution is 7.89. The van der Waals surface area contributed by atoms with Crippen LogP contribution in [0, 0.1) is 0 Å². The minimum Gasteiger partial charge on any atom is -0.452 e. The molecule has 0 atom stereocenters. The molecule has 1 fully saturated rings. The summed E-state index contributed by atoms with van der Waals surface area (Å²) in [4.78, 5) is 25.5. The third kappa shape index (κ3) is 6.27. The molecule has 0 unspecified atom stereocenters. The number of carbonyl (C=O) groups is 2. The lowest BCUT2D eigenvalue weighted by Gasteiger charge is -2.33. The molecule has 2 rings (SSSR count). The summed E-state index contributed by atoms with van der Waals surface area (Å²) in [5, 5.41) is 0. The second-order valence-electron chi connectivity index (χ2n) is 7.00. The molecule has 7 nitrogen and oxygen atoms in total. The molecule has 0 N–H and O–H groups in total. The average molecular weight is 421 g/mol. The van der Waals surface area contributed by atoms with Crippen molar-refractivity contribution in [2.75, 3.05) is 32.8 Å². The zero-order valence-corrected chi connectivity index (χ0v) is 17.9. The van der Waals surface area contributed by atoms with Crippen molar-refractivity contribution in [1.29, 1.82) is 0 Å². The van der Waals surface area contributed by atoms with Crippen LogP contribution in [0.2, 0.25) is 0 Å². The average Bonchev–Trinajstić information content (AvgIpc) is 2.72. The Labute approximate surface area is 172 Å². The van der Waals surface area contributed by atoms with Crippen LogP contribution in [-0.4, -0.2) is 62.3 Å². The summed E-state index contributed by atoms with van der Waals surface area (Å²) < 4.78 is 31.9. The van der Waals surface area contributed by atoms with Crippen LogP contribution in [-0.2, 0) is 24.3 Å². The molecule has 0 spiro atoms. The van der Waals surface area contributed by atoms with Gasteiger partial charge in [-0.2, -0.15) is 4.31 Å². The van der Waals surface area contributed by atoms with E-state index in [1.807, 2.05) is 19.1 Å². The Balaban J connectivity index is 1.89. The molecule has 0 aromatic heterocycles. The maximum absolute atomic E-state index is 12.8. The zero-order chi connectivity index (χ0) is 21.4. The molecule has 0 bridgehead atoms. The number of hydrogen-bond acceptors (Lipinski definition) is 5. The van der Waals surface area contributed by atoms with E-state index >= 15 is 0 Å². The summed E-state index contributed by atoms with van der Waals surface area (Å²) in [7, 11) is -3.60. The van der Waals surface area contributed by atoms with Crippen molar-refractivity contribution in [2.45, 2.75) is 31.6 Å². The molecule has 1 aromatic rings. The lowest BCUT2D eigenvalue weighted by atomic mass is 10.0. The van der Waals surface area contributed by atoms with Gasteiger partial charge in [0.05, 0.1) is 4.90 Å². The maximum atomic E-state index is 12.8. The summed E-state index contributed by atoms with van der Waals surface area (Å²) in [5.41, 5.74) is 1.08. The largest absolute Gasteiger partial charge is 0.452 e. The van der Waals surface area contributed by atoms with E-state index in [2.05, 4.69) is 13.8 Å². The van der Waals surface area contributed by atoms with E-state index < -0.39 is 16.0 Å². The normalized spacial score (nSPS) is 16.1. The first-order valence-corrected chi connectivity index (χ1v) is 11.0. The standard InChI is InChI=1S/C21H28N2O5S/c1-4-5-6-7-21(25)28-16-20(24)22-12-14-23(15-13-22)29(26,27)19-10-8-18(9-11-19)17(2)3/h4-11,17H,12-16H2,1-3H3/b5-4+,7-6+. The number of rotatable bonds is 7. The number of allylic oxidation sites excluding steroid dienone is 3. The minimum absolute atomic E-state index is 0.204. The molecule has 1 saturated heterocycles. The first kappa shape index (κ1) is 22.8. The number of piperazine rings is 1. The second kappa shape index (κ2) is 10.4. The molecule has 1 aliphatic heterocycles. The Hall–Kier alpha value is -2.45. The van der Waals surface area contributed by atoms with Gasteiger partial charge in [0.15, 0.2) is 6.61 Å². The molecule has 29 heavy (non-hydrogen) atoms. The smallest absolute Gasteiger partial charge is 0.331 e. The highest BCUT2D eigenvalue weighted by Gasteiger charge is 2.30. The Bertz CT molecular complexity index is 865. The van der Waals surface area contributed by atoms with E-state index in [9.17, 15) is 18.0 Å². The molecule has 158 valence electrons. The Morgan fingerprint density at radius 1 is 1.07 bits per heavy atom. The van der Waals surface area contributed by atoms with Crippen molar-refractivity contribution in [3.8, 4) is 0 Å². The first-order chi connectivity index (χ1) is 13.8. The molecule has 8 heteroatoms. The summed E-state index contributed by atoms with van der Waals surface area (Å²) in [6, 6.07) is 6.92. The fraction of sp³-hybridized carbons (Fsp3) is 0.429. The van der Waals surface area contributed by atoms with Gasteiger partial charge in [0.1, 0.15) is 0 Å². The molecule has 0 aliphatic carbocycles. The molecular formula is C21H28N2O5S. The molecule has 0 radical (unpaired) electrons. The lowest BCUT2D eigenvalue weighted by molar-refractivity contribution is -0.148. The van der Waals surface area contributed by atoms with E-state index in [0.717, 1.165) is 5.56 Å². The Kier molecular flexibility index (Phi) is 8.16. The number of benzene rings is 1. The van der Waals surface area contributed by atoms with Crippen LogP contribution in [0.25, 0.3) is 0 Å². The number of carbonyl (C=O) groups excluding carboxylic acids is 2. The molecular weight excluding hydrogens is 392 g/mol. The topological polar surface area (TPSA) is 84.0 Å². The van der Waals surface area contributed by atoms with Crippen LogP contribution < -0.4 is 0 Å². The van der Waals surface area contributed by atoms with Crippen molar-refractivity contribution >= 4 is 21.9 Å². The summed E-state index contributed by atoms with van der Waals surface area (Å²) in [5.74, 6) is -0.604. The summed E-state index contributed by atoms with van der Waals surface area (Å²) in [6.45, 7) is 6.49. The fourth-order valence-corrected chi connectivity index (χ4v) is 4.29. The molecule has 1 aromatic carbocycles. The van der Waals surface area contributed by atoms with Crippen molar-refractivity contribution in [1.82, 2.24) is 9.21 Å². The number of nitrogens with zero attached hydrogens (tertiary/aromatic N) is 2.